The molecule has 0 bridgehead atoms. The summed E-state index contributed by atoms with van der Waals surface area (Å²) in [6.45, 7) is 7.08. The zero-order chi connectivity index (χ0) is 33.7. The summed E-state index contributed by atoms with van der Waals surface area (Å²) in [5, 5.41) is 48.3. The Bertz CT molecular complexity index is 1620. The minimum Gasteiger partial charge on any atom is -0.507 e. The number of aliphatic hydroxyl groups is 3. The number of fused-ring (bicyclic) bond motifs is 3. The van der Waals surface area contributed by atoms with Gasteiger partial charge >= 0.3 is 0 Å². The van der Waals surface area contributed by atoms with Gasteiger partial charge in [0.15, 0.2) is 11.4 Å². The van der Waals surface area contributed by atoms with Gasteiger partial charge in [0.05, 0.1) is 11.7 Å². The molecule has 2 aromatic carbocycles. The second-order valence-electron chi connectivity index (χ2n) is 12.6. The Morgan fingerprint density at radius 2 is 1.78 bits per heavy atom. The van der Waals surface area contributed by atoms with Crippen LogP contribution in [0.15, 0.2) is 42.0 Å². The normalized spacial score (nSPS) is 27.3. The van der Waals surface area contributed by atoms with Crippen LogP contribution in [0.2, 0.25) is 0 Å². The number of nitrogens with zero attached hydrogens (tertiary/aromatic N) is 2. The van der Waals surface area contributed by atoms with E-state index < -0.39 is 58.7 Å². The standard InChI is InChI=1S/C34H42N4O8/c1-5-38(6-2)13-12-36-33(45)18-9-7-8-17(14-18)20-10-11-23(39)25-21(20)15-19-16-22-27(37(3)4)29(41)26(32(35)44)31(43)34(22,46)30(42)24(19)28(25)40/h7-11,14,19,22,26-27,29,39-41,46H,5-6,12-13,15-16H2,1-4H3,(H2,35,44)(H,36,45)/t19-,22-,26?,27-,29?,34-/m0/s1. The molecule has 2 aromatic rings. The summed E-state index contributed by atoms with van der Waals surface area (Å²) in [4.78, 5) is 56.6. The molecule has 0 heterocycles. The number of hydrogen-bond donors (Lipinski definition) is 6. The summed E-state index contributed by atoms with van der Waals surface area (Å²) in [6, 6.07) is 9.05. The first-order valence-electron chi connectivity index (χ1n) is 15.6. The molecule has 3 aliphatic carbocycles. The largest absolute Gasteiger partial charge is 0.507 e. The summed E-state index contributed by atoms with van der Waals surface area (Å²) in [5.74, 6) is -8.17. The monoisotopic (exact) mass is 634 g/mol. The van der Waals surface area contributed by atoms with Crippen molar-refractivity contribution in [1.29, 1.82) is 0 Å². The lowest BCUT2D eigenvalue weighted by atomic mass is 9.54. The molecule has 0 aromatic heterocycles. The molecule has 3 aliphatic rings. The first-order chi connectivity index (χ1) is 21.8. The van der Waals surface area contributed by atoms with Crippen LogP contribution in [0, 0.1) is 17.8 Å². The highest BCUT2D eigenvalue weighted by molar-refractivity contribution is 6.25. The fourth-order valence-corrected chi connectivity index (χ4v) is 7.67. The Hall–Kier alpha value is -4.10. The summed E-state index contributed by atoms with van der Waals surface area (Å²) < 4.78 is 0. The molecule has 2 fully saturated rings. The average Bonchev–Trinajstić information content (AvgIpc) is 3.01. The third-order valence-corrected chi connectivity index (χ3v) is 10.0. The average molecular weight is 635 g/mol. The number of aromatic hydroxyl groups is 1. The van der Waals surface area contributed by atoms with Crippen LogP contribution in [0.25, 0.3) is 16.9 Å². The van der Waals surface area contributed by atoms with E-state index in [1.807, 2.05) is 6.07 Å². The van der Waals surface area contributed by atoms with E-state index in [0.29, 0.717) is 35.3 Å². The van der Waals surface area contributed by atoms with Crippen molar-refractivity contribution < 1.29 is 39.6 Å². The molecule has 2 saturated carbocycles. The Morgan fingerprint density at radius 3 is 2.41 bits per heavy atom. The number of rotatable bonds is 9. The van der Waals surface area contributed by atoms with Crippen LogP contribution in [-0.2, 0) is 20.8 Å². The highest BCUT2D eigenvalue weighted by atomic mass is 16.3. The molecule has 0 saturated heterocycles. The van der Waals surface area contributed by atoms with Gasteiger partial charge in [0.1, 0.15) is 17.4 Å². The number of amides is 2. The summed E-state index contributed by atoms with van der Waals surface area (Å²) in [6.07, 6.45) is -1.39. The van der Waals surface area contributed by atoms with Gasteiger partial charge in [0.2, 0.25) is 11.7 Å². The Labute approximate surface area is 267 Å². The van der Waals surface area contributed by atoms with Crippen molar-refractivity contribution in [1.82, 2.24) is 15.1 Å². The molecule has 2 unspecified atom stereocenters. The van der Waals surface area contributed by atoms with Crippen molar-refractivity contribution in [2.45, 2.75) is 44.4 Å². The van der Waals surface area contributed by atoms with Gasteiger partial charge in [-0.15, -0.1) is 0 Å². The van der Waals surface area contributed by atoms with E-state index in [4.69, 9.17) is 5.73 Å². The lowest BCUT2D eigenvalue weighted by molar-refractivity contribution is -0.184. The third kappa shape index (κ3) is 5.28. The van der Waals surface area contributed by atoms with Gasteiger partial charge in [0, 0.05) is 36.2 Å². The van der Waals surface area contributed by atoms with Gasteiger partial charge in [-0.25, -0.2) is 0 Å². The van der Waals surface area contributed by atoms with E-state index in [9.17, 15) is 39.6 Å². The maximum atomic E-state index is 14.1. The van der Waals surface area contributed by atoms with Crippen molar-refractivity contribution in [3.05, 3.63) is 58.7 Å². The maximum Gasteiger partial charge on any atom is 0.251 e. The zero-order valence-corrected chi connectivity index (χ0v) is 26.5. The van der Waals surface area contributed by atoms with Gasteiger partial charge in [-0.05, 0) is 80.8 Å². The first kappa shape index (κ1) is 33.3. The number of Topliss-reactive ketones (excluding diaryl/α,β-unsaturated/α-hetero) is 2. The number of nitrogens with one attached hydrogen (secondary N) is 1. The lowest BCUT2D eigenvalue weighted by Crippen LogP contribution is -2.73. The van der Waals surface area contributed by atoms with Crippen molar-refractivity contribution in [2.24, 2.45) is 23.5 Å². The number of phenolic OH excluding ortho intramolecular Hbond substituents is 1. The van der Waals surface area contributed by atoms with E-state index in [-0.39, 0.29) is 35.6 Å². The second-order valence-corrected chi connectivity index (χ2v) is 12.6. The number of hydrogen-bond acceptors (Lipinski definition) is 10. The predicted octanol–water partition coefficient (Wildman–Crippen LogP) is 0.868. The number of likely N-dealkylation sites (N-methyl/N-ethyl adjacent to an activating group) is 2. The molecular weight excluding hydrogens is 592 g/mol. The van der Waals surface area contributed by atoms with E-state index in [0.717, 1.165) is 13.1 Å². The van der Waals surface area contributed by atoms with Crippen LogP contribution in [0.5, 0.6) is 5.75 Å². The molecular formula is C34H42N4O8. The molecule has 12 nitrogen and oxygen atoms in total. The number of carbonyl (C=O) groups excluding carboxylic acids is 4. The molecule has 5 rings (SSSR count). The summed E-state index contributed by atoms with van der Waals surface area (Å²) in [5.41, 5.74) is 4.75. The van der Waals surface area contributed by atoms with E-state index in [1.165, 1.54) is 6.07 Å². The minimum absolute atomic E-state index is 0.00729. The van der Waals surface area contributed by atoms with Gasteiger partial charge in [-0.2, -0.15) is 0 Å². The molecule has 2 amide bonds. The maximum absolute atomic E-state index is 14.1. The molecule has 0 aliphatic heterocycles. The van der Waals surface area contributed by atoms with Crippen LogP contribution in [-0.4, -0.2) is 112 Å². The highest BCUT2D eigenvalue weighted by Gasteiger charge is 2.67. The first-order valence-corrected chi connectivity index (χ1v) is 15.6. The number of aliphatic hydroxyl groups excluding tert-OH is 2. The highest BCUT2D eigenvalue weighted by Crippen LogP contribution is 2.53. The van der Waals surface area contributed by atoms with Crippen LogP contribution < -0.4 is 11.1 Å². The smallest absolute Gasteiger partial charge is 0.251 e. The molecule has 0 spiro atoms. The topological polar surface area (TPSA) is 194 Å². The fraction of sp³-hybridized carbons (Fsp3) is 0.471. The lowest BCUT2D eigenvalue weighted by Gasteiger charge is -2.53. The minimum atomic E-state index is -2.72. The third-order valence-electron chi connectivity index (χ3n) is 10.0. The van der Waals surface area contributed by atoms with Crippen LogP contribution in [0.4, 0.5) is 0 Å². The van der Waals surface area contributed by atoms with E-state index in [1.54, 1.807) is 43.3 Å². The molecule has 0 radical (unpaired) electrons. The second kappa shape index (κ2) is 12.6. The Kier molecular flexibility index (Phi) is 9.11. The molecule has 7 N–H and O–H groups in total. The summed E-state index contributed by atoms with van der Waals surface area (Å²) >= 11 is 0. The Morgan fingerprint density at radius 1 is 1.09 bits per heavy atom. The van der Waals surface area contributed by atoms with Gasteiger partial charge in [-0.3, -0.25) is 19.2 Å². The number of ketones is 2. The number of benzene rings is 2. The van der Waals surface area contributed by atoms with Crippen molar-refractivity contribution in [3.63, 3.8) is 0 Å². The number of phenols is 1. The predicted molar refractivity (Wildman–Crippen MR) is 170 cm³/mol. The Balaban J connectivity index is 1.55. The SMILES string of the molecule is CCN(CC)CCNC(=O)c1cccc(-c2ccc(O)c3c2C[C@H]2C[C@H]4[C@H](N(C)C)C(O)C(C(N)=O)C(=O)[C@@]4(O)C(=O)C2=C3O)c1. The number of carbonyl (C=O) groups is 4. The molecule has 246 valence electrons. The zero-order valence-electron chi connectivity index (χ0n) is 26.5. The molecule has 46 heavy (non-hydrogen) atoms. The van der Waals surface area contributed by atoms with E-state index in [2.05, 4.69) is 24.1 Å². The van der Waals surface area contributed by atoms with Crippen molar-refractivity contribution in [3.8, 4) is 16.9 Å². The van der Waals surface area contributed by atoms with E-state index >= 15 is 0 Å². The number of primary amides is 1. The van der Waals surface area contributed by atoms with Crippen LogP contribution in [0.1, 0.15) is 41.8 Å². The molecule has 6 atom stereocenters. The summed E-state index contributed by atoms with van der Waals surface area (Å²) in [7, 11) is 3.21. The fourth-order valence-electron chi connectivity index (χ4n) is 7.67. The van der Waals surface area contributed by atoms with Gasteiger partial charge in [0.25, 0.3) is 5.91 Å². The number of nitrogens with two attached hydrogens (primary N) is 1. The van der Waals surface area contributed by atoms with Crippen molar-refractivity contribution in [2.75, 3.05) is 40.3 Å². The molecule has 12 heteroatoms. The van der Waals surface area contributed by atoms with Crippen LogP contribution in [0.3, 0.4) is 0 Å². The quantitative estimate of drug-likeness (QED) is 0.216. The van der Waals surface area contributed by atoms with Crippen molar-refractivity contribution >= 4 is 29.1 Å². The van der Waals surface area contributed by atoms with Gasteiger partial charge in [-0.1, -0.05) is 32.0 Å². The van der Waals surface area contributed by atoms with Crippen LogP contribution >= 0.6 is 0 Å². The van der Waals surface area contributed by atoms with Gasteiger partial charge < -0.3 is 41.3 Å².